The van der Waals surface area contributed by atoms with Crippen molar-refractivity contribution in [1.82, 2.24) is 0 Å². The number of halogens is 4. The number of hydrogen-bond donors (Lipinski definition) is 0. The summed E-state index contributed by atoms with van der Waals surface area (Å²) in [6.07, 6.45) is 0.564. The van der Waals surface area contributed by atoms with Crippen molar-refractivity contribution >= 4 is 69.7 Å². The molecule has 0 fully saturated rings. The molecule has 9 heteroatoms. The summed E-state index contributed by atoms with van der Waals surface area (Å²) >= 11 is 24.1. The lowest BCUT2D eigenvalue weighted by Crippen LogP contribution is -2.30. The first-order chi connectivity index (χ1) is 13.4. The number of alkyl halides is 1. The first-order valence-corrected chi connectivity index (χ1v) is 9.97. The largest absolute Gasteiger partial charge is 0.335 e. The lowest BCUT2D eigenvalue weighted by Gasteiger charge is -2.18. The molecule has 1 amide bonds. The van der Waals surface area contributed by atoms with Crippen molar-refractivity contribution < 1.29 is 14.4 Å². The van der Waals surface area contributed by atoms with Gasteiger partial charge in [0.25, 0.3) is 5.91 Å². The maximum Gasteiger partial charge on any atom is 0.335 e. The van der Waals surface area contributed by atoms with Gasteiger partial charge in [-0.25, -0.2) is 4.79 Å². The molecule has 0 saturated heterocycles. The van der Waals surface area contributed by atoms with E-state index in [4.69, 9.17) is 51.2 Å². The van der Waals surface area contributed by atoms with Crippen molar-refractivity contribution in [2.45, 2.75) is 19.4 Å². The normalized spacial score (nSPS) is 14.5. The number of rotatable bonds is 6. The van der Waals surface area contributed by atoms with Gasteiger partial charge >= 0.3 is 5.97 Å². The zero-order valence-corrected chi connectivity index (χ0v) is 17.4. The molecule has 28 heavy (non-hydrogen) atoms. The molecule has 146 valence electrons. The van der Waals surface area contributed by atoms with Crippen molar-refractivity contribution in [3.63, 3.8) is 0 Å². The van der Waals surface area contributed by atoms with Crippen LogP contribution in [0.25, 0.3) is 0 Å². The summed E-state index contributed by atoms with van der Waals surface area (Å²) in [5, 5.41) is 5.08. The SMILES string of the molecule is O=C(CCCCl)ON=C1C(=O)N(Cc2c(Cl)cccc2Cl)c2ccc(Cl)cc21. The summed E-state index contributed by atoms with van der Waals surface area (Å²) in [5.41, 5.74) is 1.62. The Hall–Kier alpha value is -1.79. The Morgan fingerprint density at radius 3 is 2.50 bits per heavy atom. The van der Waals surface area contributed by atoms with Gasteiger partial charge in [-0.05, 0) is 36.8 Å². The molecular weight excluding hydrogens is 446 g/mol. The minimum atomic E-state index is -0.572. The molecule has 2 aromatic carbocycles. The molecular formula is C19H14Cl4N2O3. The van der Waals surface area contributed by atoms with E-state index in [0.717, 1.165) is 0 Å². The maximum atomic E-state index is 13.0. The van der Waals surface area contributed by atoms with Crippen LogP contribution in [0.1, 0.15) is 24.0 Å². The summed E-state index contributed by atoms with van der Waals surface area (Å²) in [5.74, 6) is -0.689. The lowest BCUT2D eigenvalue weighted by atomic mass is 10.1. The molecule has 5 nitrogen and oxygen atoms in total. The average Bonchev–Trinajstić information content (AvgIpc) is 2.91. The third-order valence-corrected chi connectivity index (χ3v) is 5.29. The molecule has 3 rings (SSSR count). The number of oxime groups is 1. The van der Waals surface area contributed by atoms with Crippen molar-refractivity contribution in [3.8, 4) is 0 Å². The van der Waals surface area contributed by atoms with E-state index in [1.165, 1.54) is 4.90 Å². The van der Waals surface area contributed by atoms with Gasteiger partial charge in [-0.2, -0.15) is 0 Å². The van der Waals surface area contributed by atoms with Crippen molar-refractivity contribution in [3.05, 3.63) is 62.6 Å². The summed E-state index contributed by atoms with van der Waals surface area (Å²) < 4.78 is 0. The van der Waals surface area contributed by atoms with E-state index in [-0.39, 0.29) is 18.7 Å². The van der Waals surface area contributed by atoms with Gasteiger partial charge in [0, 0.05) is 38.5 Å². The fourth-order valence-electron chi connectivity index (χ4n) is 2.73. The quantitative estimate of drug-likeness (QED) is 0.327. The first-order valence-electron chi connectivity index (χ1n) is 8.31. The molecule has 0 saturated carbocycles. The summed E-state index contributed by atoms with van der Waals surface area (Å²) in [6, 6.07) is 10.1. The summed E-state index contributed by atoms with van der Waals surface area (Å²) in [6.45, 7) is 0.130. The standard InChI is InChI=1S/C19H14Cl4N2O3/c20-8-2-5-17(26)28-24-18-12-9-11(21)6-7-16(12)25(19(18)27)10-13-14(22)3-1-4-15(13)23/h1,3-4,6-7,9H,2,5,8,10H2. The first kappa shape index (κ1) is 20.9. The van der Waals surface area contributed by atoms with Crippen LogP contribution in [0.2, 0.25) is 15.1 Å². The molecule has 0 spiro atoms. The van der Waals surface area contributed by atoms with Gasteiger partial charge in [0.1, 0.15) is 0 Å². The van der Waals surface area contributed by atoms with Crippen LogP contribution in [0, 0.1) is 0 Å². The second-order valence-corrected chi connectivity index (χ2v) is 7.58. The van der Waals surface area contributed by atoms with Gasteiger partial charge < -0.3 is 9.74 Å². The molecule has 0 unspecified atom stereocenters. The highest BCUT2D eigenvalue weighted by atomic mass is 35.5. The van der Waals surface area contributed by atoms with Crippen LogP contribution in [-0.4, -0.2) is 23.5 Å². The minimum Gasteiger partial charge on any atom is -0.317 e. The molecule has 0 atom stereocenters. The number of carbonyl (C=O) groups is 2. The van der Waals surface area contributed by atoms with Crippen LogP contribution < -0.4 is 4.90 Å². The molecule has 2 aromatic rings. The van der Waals surface area contributed by atoms with Crippen LogP contribution >= 0.6 is 46.4 Å². The number of carbonyl (C=O) groups excluding carboxylic acids is 2. The summed E-state index contributed by atoms with van der Waals surface area (Å²) in [4.78, 5) is 31.1. The molecule has 0 aromatic heterocycles. The van der Waals surface area contributed by atoms with Gasteiger partial charge in [-0.3, -0.25) is 4.79 Å². The Kier molecular flexibility index (Phi) is 6.83. The molecule has 1 heterocycles. The van der Waals surface area contributed by atoms with Crippen molar-refractivity contribution in [2.75, 3.05) is 10.8 Å². The van der Waals surface area contributed by atoms with Crippen LogP contribution in [-0.2, 0) is 21.0 Å². The molecule has 0 aliphatic carbocycles. The van der Waals surface area contributed by atoms with E-state index >= 15 is 0 Å². The number of fused-ring (bicyclic) bond motifs is 1. The van der Waals surface area contributed by atoms with Gasteiger partial charge in [-0.15, -0.1) is 11.6 Å². The second-order valence-electron chi connectivity index (χ2n) is 5.95. The highest BCUT2D eigenvalue weighted by molar-refractivity contribution is 6.54. The molecule has 1 aliphatic rings. The summed E-state index contributed by atoms with van der Waals surface area (Å²) in [7, 11) is 0. The van der Waals surface area contributed by atoms with Gasteiger partial charge in [0.05, 0.1) is 12.2 Å². The smallest absolute Gasteiger partial charge is 0.317 e. The average molecular weight is 460 g/mol. The zero-order chi connectivity index (χ0) is 20.3. The Balaban J connectivity index is 1.94. The van der Waals surface area contributed by atoms with Gasteiger partial charge in [-0.1, -0.05) is 46.0 Å². The minimum absolute atomic E-state index is 0.0140. The molecule has 1 aliphatic heterocycles. The number of anilines is 1. The van der Waals surface area contributed by atoms with Gasteiger partial charge in [0.15, 0.2) is 5.71 Å². The Labute approximate surface area is 181 Å². The van der Waals surface area contributed by atoms with E-state index in [1.54, 1.807) is 36.4 Å². The monoisotopic (exact) mass is 458 g/mol. The number of hydrogen-bond acceptors (Lipinski definition) is 4. The maximum absolute atomic E-state index is 13.0. The number of benzene rings is 2. The van der Waals surface area contributed by atoms with Crippen molar-refractivity contribution in [2.24, 2.45) is 5.16 Å². The highest BCUT2D eigenvalue weighted by Gasteiger charge is 2.35. The van der Waals surface area contributed by atoms with Crippen LogP contribution in [0.4, 0.5) is 5.69 Å². The lowest BCUT2D eigenvalue weighted by molar-refractivity contribution is -0.143. The van der Waals surface area contributed by atoms with Gasteiger partial charge in [0.2, 0.25) is 0 Å². The predicted octanol–water partition coefficient (Wildman–Crippen LogP) is 5.46. The molecule has 0 bridgehead atoms. The van der Waals surface area contributed by atoms with Crippen LogP contribution in [0.3, 0.4) is 0 Å². The third-order valence-electron chi connectivity index (χ3n) is 4.08. The van der Waals surface area contributed by atoms with E-state index in [2.05, 4.69) is 5.16 Å². The van der Waals surface area contributed by atoms with Crippen LogP contribution in [0.5, 0.6) is 0 Å². The topological polar surface area (TPSA) is 59.0 Å². The van der Waals surface area contributed by atoms with E-state index in [9.17, 15) is 9.59 Å². The molecule has 0 N–H and O–H groups in total. The number of nitrogens with zero attached hydrogens (tertiary/aromatic N) is 2. The van der Waals surface area contributed by atoms with E-state index < -0.39 is 11.9 Å². The fraction of sp³-hybridized carbons (Fsp3) is 0.211. The Morgan fingerprint density at radius 2 is 1.82 bits per heavy atom. The Bertz CT molecular complexity index is 942. The van der Waals surface area contributed by atoms with E-state index in [0.29, 0.717) is 44.2 Å². The molecule has 0 radical (unpaired) electrons. The highest BCUT2D eigenvalue weighted by Crippen LogP contribution is 2.35. The third kappa shape index (κ3) is 4.44. The van der Waals surface area contributed by atoms with Crippen molar-refractivity contribution in [1.29, 1.82) is 0 Å². The van der Waals surface area contributed by atoms with E-state index in [1.807, 2.05) is 0 Å². The zero-order valence-electron chi connectivity index (χ0n) is 14.4. The Morgan fingerprint density at radius 1 is 1.11 bits per heavy atom. The fourth-order valence-corrected chi connectivity index (χ4v) is 3.55. The predicted molar refractivity (Wildman–Crippen MR) is 112 cm³/mol. The number of amides is 1. The second kappa shape index (κ2) is 9.14. The van der Waals surface area contributed by atoms with Crippen LogP contribution in [0.15, 0.2) is 41.6 Å².